The summed E-state index contributed by atoms with van der Waals surface area (Å²) >= 11 is 0. The van der Waals surface area contributed by atoms with Crippen LogP contribution in [0, 0.1) is 0 Å². The van der Waals surface area contributed by atoms with Crippen molar-refractivity contribution in [2.45, 2.75) is 6.10 Å². The molecule has 0 saturated heterocycles. The lowest BCUT2D eigenvalue weighted by Gasteiger charge is -2.18. The molecular weight excluding hydrogens is 302 g/mol. The Morgan fingerprint density at radius 1 is 1.14 bits per heavy atom. The molecule has 1 unspecified atom stereocenters. The molecule has 8 nitrogen and oxygen atoms in total. The zero-order valence-electron chi connectivity index (χ0n) is 12.0. The molecule has 0 aliphatic carbocycles. The number of hydrogen-bond donors (Lipinski definition) is 3. The third-order valence-electron chi connectivity index (χ3n) is 2.63. The summed E-state index contributed by atoms with van der Waals surface area (Å²) in [5.41, 5.74) is 0.440. The van der Waals surface area contributed by atoms with E-state index in [0.29, 0.717) is 22.9 Å². The maximum atomic E-state index is 10.7. The highest BCUT2D eigenvalue weighted by molar-refractivity contribution is 7.85. The lowest BCUT2D eigenvalue weighted by atomic mass is 10.2. The highest BCUT2D eigenvalue weighted by Crippen LogP contribution is 2.38. The second-order valence-corrected chi connectivity index (χ2v) is 5.69. The molecule has 0 fully saturated rings. The zero-order valence-corrected chi connectivity index (χ0v) is 12.8. The smallest absolute Gasteiger partial charge is 0.267 e. The summed E-state index contributed by atoms with van der Waals surface area (Å²) in [6.07, 6.45) is -1.28. The molecule has 1 atom stereocenters. The Morgan fingerprint density at radius 3 is 2.05 bits per heavy atom. The molecule has 0 heterocycles. The van der Waals surface area contributed by atoms with E-state index >= 15 is 0 Å². The van der Waals surface area contributed by atoms with Gasteiger partial charge in [0.05, 0.1) is 27.4 Å². The Bertz CT molecular complexity index is 548. The highest BCUT2D eigenvalue weighted by Gasteiger charge is 2.17. The van der Waals surface area contributed by atoms with Crippen LogP contribution in [0.2, 0.25) is 0 Å². The van der Waals surface area contributed by atoms with Gasteiger partial charge in [-0.25, -0.2) is 0 Å². The standard InChI is InChI=1S/C12H19NO7S/c1-18-9-4-10(19-2)12(11(5-9)20-3)13-6-8(14)7-21(15,16)17/h4-5,8,13-14H,6-7H2,1-3H3,(H,15,16,17). The summed E-state index contributed by atoms with van der Waals surface area (Å²) in [6.45, 7) is -0.112. The Kier molecular flexibility index (Phi) is 6.06. The van der Waals surface area contributed by atoms with Crippen LogP contribution in [0.5, 0.6) is 17.2 Å². The van der Waals surface area contributed by atoms with Crippen LogP contribution in [0.4, 0.5) is 5.69 Å². The van der Waals surface area contributed by atoms with Crippen molar-refractivity contribution in [2.75, 3.05) is 38.9 Å². The Morgan fingerprint density at radius 2 is 1.67 bits per heavy atom. The molecule has 0 aromatic heterocycles. The maximum absolute atomic E-state index is 10.7. The fraction of sp³-hybridized carbons (Fsp3) is 0.500. The summed E-state index contributed by atoms with van der Waals surface area (Å²) in [5, 5.41) is 12.4. The fourth-order valence-electron chi connectivity index (χ4n) is 1.70. The third kappa shape index (κ3) is 5.29. The Hall–Kier alpha value is -1.71. The van der Waals surface area contributed by atoms with Gasteiger partial charge in [-0.2, -0.15) is 8.42 Å². The first-order valence-electron chi connectivity index (χ1n) is 5.97. The van der Waals surface area contributed by atoms with Crippen LogP contribution >= 0.6 is 0 Å². The predicted molar refractivity (Wildman–Crippen MR) is 77.0 cm³/mol. The van der Waals surface area contributed by atoms with Crippen LogP contribution in [0.1, 0.15) is 0 Å². The van der Waals surface area contributed by atoms with Crippen molar-refractivity contribution in [3.63, 3.8) is 0 Å². The second kappa shape index (κ2) is 7.34. The lowest BCUT2D eigenvalue weighted by molar-refractivity contribution is 0.207. The molecular formula is C12H19NO7S. The Balaban J connectivity index is 2.91. The molecule has 0 aliphatic rings. The highest BCUT2D eigenvalue weighted by atomic mass is 32.2. The lowest BCUT2D eigenvalue weighted by Crippen LogP contribution is -2.28. The molecule has 120 valence electrons. The van der Waals surface area contributed by atoms with Gasteiger partial charge in [0.2, 0.25) is 0 Å². The summed E-state index contributed by atoms with van der Waals surface area (Å²) in [5.74, 6) is 0.573. The molecule has 3 N–H and O–H groups in total. The molecule has 0 bridgehead atoms. The van der Waals surface area contributed by atoms with Crippen LogP contribution in [-0.2, 0) is 10.1 Å². The molecule has 0 radical (unpaired) electrons. The second-order valence-electron chi connectivity index (χ2n) is 4.19. The van der Waals surface area contributed by atoms with E-state index in [1.54, 1.807) is 12.1 Å². The van der Waals surface area contributed by atoms with E-state index in [1.165, 1.54) is 21.3 Å². The van der Waals surface area contributed by atoms with Crippen molar-refractivity contribution in [1.82, 2.24) is 0 Å². The van der Waals surface area contributed by atoms with Gasteiger partial charge in [-0.15, -0.1) is 0 Å². The van der Waals surface area contributed by atoms with Crippen LogP contribution in [0.25, 0.3) is 0 Å². The van der Waals surface area contributed by atoms with E-state index in [4.69, 9.17) is 18.8 Å². The van der Waals surface area contributed by atoms with Crippen molar-refractivity contribution >= 4 is 15.8 Å². The number of rotatable bonds is 8. The Labute approximate surface area is 123 Å². The molecule has 1 aromatic carbocycles. The first-order chi connectivity index (χ1) is 9.80. The van der Waals surface area contributed by atoms with Crippen molar-refractivity contribution < 1.29 is 32.3 Å². The van der Waals surface area contributed by atoms with Crippen LogP contribution in [-0.4, -0.2) is 57.8 Å². The van der Waals surface area contributed by atoms with Crippen molar-refractivity contribution in [1.29, 1.82) is 0 Å². The van der Waals surface area contributed by atoms with Crippen LogP contribution < -0.4 is 19.5 Å². The van der Waals surface area contributed by atoms with Gasteiger partial charge in [-0.05, 0) is 0 Å². The quantitative estimate of drug-likeness (QED) is 0.589. The van der Waals surface area contributed by atoms with Gasteiger partial charge in [0.1, 0.15) is 28.7 Å². The molecule has 21 heavy (non-hydrogen) atoms. The fourth-order valence-corrected chi connectivity index (χ4v) is 2.31. The molecule has 0 saturated carbocycles. The van der Waals surface area contributed by atoms with Gasteiger partial charge in [0.15, 0.2) is 0 Å². The molecule has 0 amide bonds. The number of aliphatic hydroxyl groups is 1. The largest absolute Gasteiger partial charge is 0.496 e. The normalized spacial score (nSPS) is 12.6. The van der Waals surface area contributed by atoms with Crippen LogP contribution in [0.3, 0.4) is 0 Å². The van der Waals surface area contributed by atoms with Crippen molar-refractivity contribution in [3.8, 4) is 17.2 Å². The van der Waals surface area contributed by atoms with Gasteiger partial charge in [0.25, 0.3) is 10.1 Å². The molecule has 1 aromatic rings. The number of nitrogens with one attached hydrogen (secondary N) is 1. The summed E-state index contributed by atoms with van der Waals surface area (Å²) in [4.78, 5) is 0. The molecule has 9 heteroatoms. The van der Waals surface area contributed by atoms with Crippen molar-refractivity contribution in [2.24, 2.45) is 0 Å². The number of methoxy groups -OCH3 is 3. The van der Waals surface area contributed by atoms with Crippen molar-refractivity contribution in [3.05, 3.63) is 12.1 Å². The third-order valence-corrected chi connectivity index (χ3v) is 3.44. The van der Waals surface area contributed by atoms with Gasteiger partial charge < -0.3 is 24.6 Å². The zero-order chi connectivity index (χ0) is 16.0. The SMILES string of the molecule is COc1cc(OC)c(NCC(O)CS(=O)(=O)O)c(OC)c1. The monoisotopic (exact) mass is 321 g/mol. The number of hydrogen-bond acceptors (Lipinski definition) is 7. The predicted octanol–water partition coefficient (Wildman–Crippen LogP) is 0.373. The number of benzene rings is 1. The summed E-state index contributed by atoms with van der Waals surface area (Å²) < 4.78 is 45.5. The molecule has 0 spiro atoms. The number of anilines is 1. The first-order valence-corrected chi connectivity index (χ1v) is 7.58. The summed E-state index contributed by atoms with van der Waals surface area (Å²) in [6, 6.07) is 3.22. The minimum absolute atomic E-state index is 0.112. The average Bonchev–Trinajstić information content (AvgIpc) is 2.42. The molecule has 1 rings (SSSR count). The van der Waals surface area contributed by atoms with E-state index < -0.39 is 22.0 Å². The maximum Gasteiger partial charge on any atom is 0.267 e. The minimum Gasteiger partial charge on any atom is -0.496 e. The average molecular weight is 321 g/mol. The first kappa shape index (κ1) is 17.3. The van der Waals surface area contributed by atoms with Gasteiger partial charge in [-0.3, -0.25) is 4.55 Å². The van der Waals surface area contributed by atoms with E-state index in [0.717, 1.165) is 0 Å². The van der Waals surface area contributed by atoms with E-state index in [2.05, 4.69) is 5.32 Å². The summed E-state index contributed by atoms with van der Waals surface area (Å²) in [7, 11) is 0.160. The van der Waals surface area contributed by atoms with E-state index in [-0.39, 0.29) is 6.54 Å². The van der Waals surface area contributed by atoms with Gasteiger partial charge in [-0.1, -0.05) is 0 Å². The van der Waals surface area contributed by atoms with E-state index in [1.807, 2.05) is 0 Å². The van der Waals surface area contributed by atoms with Gasteiger partial charge in [0, 0.05) is 18.7 Å². The van der Waals surface area contributed by atoms with E-state index in [9.17, 15) is 13.5 Å². The van der Waals surface area contributed by atoms with Crippen LogP contribution in [0.15, 0.2) is 12.1 Å². The molecule has 0 aliphatic heterocycles. The minimum atomic E-state index is -4.24. The topological polar surface area (TPSA) is 114 Å². The number of aliphatic hydroxyl groups excluding tert-OH is 1. The van der Waals surface area contributed by atoms with Gasteiger partial charge >= 0.3 is 0 Å². The number of ether oxygens (including phenoxy) is 3.